The van der Waals surface area contributed by atoms with Crippen molar-refractivity contribution in [2.45, 2.75) is 32.6 Å². The van der Waals surface area contributed by atoms with Crippen LogP contribution in [0.15, 0.2) is 65.6 Å². The van der Waals surface area contributed by atoms with E-state index in [9.17, 15) is 13.2 Å². The summed E-state index contributed by atoms with van der Waals surface area (Å²) in [7, 11) is -3.83. The summed E-state index contributed by atoms with van der Waals surface area (Å²) in [6.07, 6.45) is 0. The fourth-order valence-electron chi connectivity index (χ4n) is 3.10. The quantitative estimate of drug-likeness (QED) is 0.626. The van der Waals surface area contributed by atoms with Gasteiger partial charge in [0, 0.05) is 16.9 Å². The maximum Gasteiger partial charge on any atom is 0.262 e. The van der Waals surface area contributed by atoms with Gasteiger partial charge in [0.2, 0.25) is 0 Å². The Morgan fingerprint density at radius 3 is 2.21 bits per heavy atom. The standard InChI is InChI=1S/C23H24N2O3S/c1-15-6-5-7-20(13-15)25-29(27,28)22-14-19(10-9-17(22)3)23(26)24-21-11-8-16(2)12-18(21)4/h5-14,25H,1-4H3,(H,24,26). The second-order valence-corrected chi connectivity index (χ2v) is 8.88. The summed E-state index contributed by atoms with van der Waals surface area (Å²) in [5.74, 6) is -0.357. The fourth-order valence-corrected chi connectivity index (χ4v) is 4.42. The molecule has 0 radical (unpaired) electrons. The first kappa shape index (κ1) is 20.6. The van der Waals surface area contributed by atoms with E-state index in [1.54, 1.807) is 37.3 Å². The first-order chi connectivity index (χ1) is 13.7. The third-order valence-electron chi connectivity index (χ3n) is 4.64. The summed E-state index contributed by atoms with van der Waals surface area (Å²) >= 11 is 0. The van der Waals surface area contributed by atoms with Gasteiger partial charge in [-0.3, -0.25) is 9.52 Å². The summed E-state index contributed by atoms with van der Waals surface area (Å²) in [4.78, 5) is 12.8. The Morgan fingerprint density at radius 2 is 1.52 bits per heavy atom. The van der Waals surface area contributed by atoms with Gasteiger partial charge < -0.3 is 5.32 Å². The van der Waals surface area contributed by atoms with Gasteiger partial charge in [-0.15, -0.1) is 0 Å². The average molecular weight is 409 g/mol. The summed E-state index contributed by atoms with van der Waals surface area (Å²) in [5, 5.41) is 2.85. The number of benzene rings is 3. The highest BCUT2D eigenvalue weighted by Crippen LogP contribution is 2.23. The highest BCUT2D eigenvalue weighted by molar-refractivity contribution is 7.92. The second kappa shape index (κ2) is 8.09. The molecule has 0 unspecified atom stereocenters. The van der Waals surface area contributed by atoms with Crippen LogP contribution in [0.25, 0.3) is 0 Å². The molecule has 3 aromatic rings. The number of carbonyl (C=O) groups is 1. The molecule has 1 amide bonds. The highest BCUT2D eigenvalue weighted by atomic mass is 32.2. The molecule has 0 bridgehead atoms. The van der Waals surface area contributed by atoms with Crippen molar-refractivity contribution in [3.63, 3.8) is 0 Å². The lowest BCUT2D eigenvalue weighted by molar-refractivity contribution is 0.102. The van der Waals surface area contributed by atoms with Crippen LogP contribution >= 0.6 is 0 Å². The Hall–Kier alpha value is -3.12. The Morgan fingerprint density at radius 1 is 0.793 bits per heavy atom. The molecule has 0 aliphatic carbocycles. The molecule has 0 spiro atoms. The van der Waals surface area contributed by atoms with Crippen LogP contribution in [0.5, 0.6) is 0 Å². The third-order valence-corrected chi connectivity index (χ3v) is 6.16. The summed E-state index contributed by atoms with van der Waals surface area (Å²) < 4.78 is 28.4. The van der Waals surface area contributed by atoms with Crippen molar-refractivity contribution in [3.05, 3.63) is 88.5 Å². The minimum absolute atomic E-state index is 0.0762. The van der Waals surface area contributed by atoms with Crippen molar-refractivity contribution in [3.8, 4) is 0 Å². The average Bonchev–Trinajstić information content (AvgIpc) is 2.63. The Labute approximate surface area is 171 Å². The lowest BCUT2D eigenvalue weighted by Gasteiger charge is -2.13. The zero-order valence-corrected chi connectivity index (χ0v) is 17.7. The van der Waals surface area contributed by atoms with Crippen molar-refractivity contribution >= 4 is 27.3 Å². The van der Waals surface area contributed by atoms with Gasteiger partial charge in [-0.25, -0.2) is 8.42 Å². The third kappa shape index (κ3) is 4.84. The molecule has 0 atom stereocenters. The van der Waals surface area contributed by atoms with E-state index in [1.165, 1.54) is 6.07 Å². The molecule has 2 N–H and O–H groups in total. The summed E-state index contributed by atoms with van der Waals surface area (Å²) in [6.45, 7) is 7.49. The van der Waals surface area contributed by atoms with Crippen LogP contribution in [0.2, 0.25) is 0 Å². The van der Waals surface area contributed by atoms with Crippen LogP contribution in [0.4, 0.5) is 11.4 Å². The highest BCUT2D eigenvalue weighted by Gasteiger charge is 2.20. The number of hydrogen-bond acceptors (Lipinski definition) is 3. The number of hydrogen-bond donors (Lipinski definition) is 2. The Bertz CT molecular complexity index is 1180. The molecule has 3 aromatic carbocycles. The first-order valence-corrected chi connectivity index (χ1v) is 10.7. The zero-order valence-electron chi connectivity index (χ0n) is 16.9. The van der Waals surface area contributed by atoms with Gasteiger partial charge in [-0.1, -0.05) is 35.9 Å². The molecule has 0 aromatic heterocycles. The lowest BCUT2D eigenvalue weighted by Crippen LogP contribution is -2.17. The normalized spacial score (nSPS) is 11.2. The van der Waals surface area contributed by atoms with Gasteiger partial charge in [0.25, 0.3) is 15.9 Å². The van der Waals surface area contributed by atoms with Crippen LogP contribution in [0, 0.1) is 27.7 Å². The lowest BCUT2D eigenvalue weighted by atomic mass is 10.1. The molecule has 29 heavy (non-hydrogen) atoms. The van der Waals surface area contributed by atoms with E-state index in [0.29, 0.717) is 16.9 Å². The molecule has 0 aliphatic rings. The molecule has 0 fully saturated rings. The van der Waals surface area contributed by atoms with Gasteiger partial charge in [0.05, 0.1) is 4.90 Å². The van der Waals surface area contributed by atoms with E-state index in [2.05, 4.69) is 10.0 Å². The van der Waals surface area contributed by atoms with Crippen LogP contribution in [-0.2, 0) is 10.0 Å². The smallest absolute Gasteiger partial charge is 0.262 e. The van der Waals surface area contributed by atoms with Crippen LogP contribution in [0.1, 0.15) is 32.6 Å². The van der Waals surface area contributed by atoms with Gasteiger partial charge in [0.15, 0.2) is 0 Å². The van der Waals surface area contributed by atoms with E-state index in [4.69, 9.17) is 0 Å². The largest absolute Gasteiger partial charge is 0.322 e. The van der Waals surface area contributed by atoms with Crippen molar-refractivity contribution in [2.24, 2.45) is 0 Å². The molecule has 0 heterocycles. The van der Waals surface area contributed by atoms with Crippen LogP contribution < -0.4 is 10.0 Å². The molecule has 0 saturated heterocycles. The molecule has 6 heteroatoms. The minimum Gasteiger partial charge on any atom is -0.322 e. The van der Waals surface area contributed by atoms with Crippen molar-refractivity contribution in [2.75, 3.05) is 10.0 Å². The van der Waals surface area contributed by atoms with Crippen LogP contribution in [0.3, 0.4) is 0 Å². The molecule has 0 aliphatic heterocycles. The number of aryl methyl sites for hydroxylation is 4. The maximum atomic E-state index is 12.9. The Kier molecular flexibility index (Phi) is 5.75. The fraction of sp³-hybridized carbons (Fsp3) is 0.174. The predicted octanol–water partition coefficient (Wildman–Crippen LogP) is 4.97. The number of amides is 1. The SMILES string of the molecule is Cc1cccc(NS(=O)(=O)c2cc(C(=O)Nc3ccc(C)cc3C)ccc2C)c1. The topological polar surface area (TPSA) is 75.3 Å². The van der Waals surface area contributed by atoms with E-state index in [0.717, 1.165) is 16.7 Å². The summed E-state index contributed by atoms with van der Waals surface area (Å²) in [5.41, 5.74) is 5.01. The zero-order chi connectivity index (χ0) is 21.2. The number of sulfonamides is 1. The number of nitrogens with one attached hydrogen (secondary N) is 2. The van der Waals surface area contributed by atoms with E-state index in [1.807, 2.05) is 45.0 Å². The molecule has 3 rings (SSSR count). The van der Waals surface area contributed by atoms with Crippen molar-refractivity contribution < 1.29 is 13.2 Å². The van der Waals surface area contributed by atoms with E-state index in [-0.39, 0.29) is 16.4 Å². The number of carbonyl (C=O) groups excluding carboxylic acids is 1. The number of anilines is 2. The molecular formula is C23H24N2O3S. The van der Waals surface area contributed by atoms with Gasteiger partial charge >= 0.3 is 0 Å². The first-order valence-electron chi connectivity index (χ1n) is 9.24. The molecular weight excluding hydrogens is 384 g/mol. The van der Waals surface area contributed by atoms with E-state index >= 15 is 0 Å². The van der Waals surface area contributed by atoms with Gasteiger partial charge in [-0.2, -0.15) is 0 Å². The maximum absolute atomic E-state index is 12.9. The van der Waals surface area contributed by atoms with Crippen LogP contribution in [-0.4, -0.2) is 14.3 Å². The van der Waals surface area contributed by atoms with Crippen molar-refractivity contribution in [1.29, 1.82) is 0 Å². The van der Waals surface area contributed by atoms with Crippen molar-refractivity contribution in [1.82, 2.24) is 0 Å². The minimum atomic E-state index is -3.83. The summed E-state index contributed by atoms with van der Waals surface area (Å²) in [6, 6.07) is 17.5. The second-order valence-electron chi connectivity index (χ2n) is 7.23. The van der Waals surface area contributed by atoms with E-state index < -0.39 is 10.0 Å². The monoisotopic (exact) mass is 408 g/mol. The van der Waals surface area contributed by atoms with Gasteiger partial charge in [-0.05, 0) is 74.7 Å². The number of rotatable bonds is 5. The Balaban J connectivity index is 1.89. The molecule has 5 nitrogen and oxygen atoms in total. The predicted molar refractivity (Wildman–Crippen MR) is 117 cm³/mol. The molecule has 150 valence electrons. The van der Waals surface area contributed by atoms with Gasteiger partial charge in [0.1, 0.15) is 0 Å². The molecule has 0 saturated carbocycles.